The van der Waals surface area contributed by atoms with Crippen molar-refractivity contribution in [2.75, 3.05) is 0 Å². The van der Waals surface area contributed by atoms with E-state index in [9.17, 15) is 0 Å². The van der Waals surface area contributed by atoms with Crippen LogP contribution in [-0.2, 0) is 13.1 Å². The fourth-order valence-corrected chi connectivity index (χ4v) is 1.96. The van der Waals surface area contributed by atoms with Crippen LogP contribution in [-0.4, -0.2) is 9.78 Å². The molecule has 0 saturated heterocycles. The number of aromatic nitrogens is 2. The zero-order valence-electron chi connectivity index (χ0n) is 7.18. The molecule has 0 amide bonds. The summed E-state index contributed by atoms with van der Waals surface area (Å²) >= 11 is 1.71. The Kier molecular flexibility index (Phi) is 2.42. The largest absolute Gasteiger partial charge is 0.326 e. The Bertz CT molecular complexity index is 364. The zero-order chi connectivity index (χ0) is 9.10. The molecule has 0 radical (unpaired) electrons. The maximum atomic E-state index is 5.52. The third kappa shape index (κ3) is 1.96. The topological polar surface area (TPSA) is 43.8 Å². The Balaban J connectivity index is 2.10. The van der Waals surface area contributed by atoms with Gasteiger partial charge in [-0.05, 0) is 23.1 Å². The molecule has 4 heteroatoms. The molecule has 2 aromatic rings. The molecule has 2 heterocycles. The van der Waals surface area contributed by atoms with Crippen molar-refractivity contribution < 1.29 is 0 Å². The molecule has 0 unspecified atom stereocenters. The van der Waals surface area contributed by atoms with Gasteiger partial charge in [-0.2, -0.15) is 5.10 Å². The van der Waals surface area contributed by atoms with Crippen molar-refractivity contribution in [2.24, 2.45) is 5.73 Å². The van der Waals surface area contributed by atoms with Crippen LogP contribution in [0.2, 0.25) is 0 Å². The summed E-state index contributed by atoms with van der Waals surface area (Å²) in [6, 6.07) is 4.06. The van der Waals surface area contributed by atoms with Gasteiger partial charge in [0, 0.05) is 23.8 Å². The van der Waals surface area contributed by atoms with Crippen LogP contribution in [0.1, 0.15) is 10.4 Å². The SMILES string of the molecule is NCc1cc(Cn2cccn2)cs1. The van der Waals surface area contributed by atoms with Gasteiger partial charge in [0.1, 0.15) is 0 Å². The first-order valence-electron chi connectivity index (χ1n) is 4.12. The molecule has 0 aliphatic carbocycles. The molecule has 0 bridgehead atoms. The van der Waals surface area contributed by atoms with Gasteiger partial charge in [-0.1, -0.05) is 0 Å². The number of rotatable bonds is 3. The molecule has 2 N–H and O–H groups in total. The highest BCUT2D eigenvalue weighted by atomic mass is 32.1. The maximum absolute atomic E-state index is 5.52. The van der Waals surface area contributed by atoms with Crippen LogP contribution in [0.25, 0.3) is 0 Å². The Morgan fingerprint density at radius 1 is 1.54 bits per heavy atom. The summed E-state index contributed by atoms with van der Waals surface area (Å²) in [6.45, 7) is 1.47. The lowest BCUT2D eigenvalue weighted by molar-refractivity contribution is 0.688. The van der Waals surface area contributed by atoms with E-state index in [0.29, 0.717) is 6.54 Å². The third-order valence-electron chi connectivity index (χ3n) is 1.81. The van der Waals surface area contributed by atoms with E-state index in [2.05, 4.69) is 16.5 Å². The second-order valence-electron chi connectivity index (χ2n) is 2.83. The summed E-state index contributed by atoms with van der Waals surface area (Å²) in [5.74, 6) is 0. The summed E-state index contributed by atoms with van der Waals surface area (Å²) in [5, 5.41) is 6.27. The standard InChI is InChI=1S/C9H11N3S/c10-5-9-4-8(7-13-9)6-12-3-1-2-11-12/h1-4,7H,5-6,10H2. The van der Waals surface area contributed by atoms with E-state index in [1.807, 2.05) is 16.9 Å². The van der Waals surface area contributed by atoms with Crippen molar-refractivity contribution in [1.29, 1.82) is 0 Å². The summed E-state index contributed by atoms with van der Waals surface area (Å²) in [4.78, 5) is 1.22. The van der Waals surface area contributed by atoms with Gasteiger partial charge in [0.25, 0.3) is 0 Å². The van der Waals surface area contributed by atoms with Crippen LogP contribution in [0.4, 0.5) is 0 Å². The number of hydrogen-bond acceptors (Lipinski definition) is 3. The van der Waals surface area contributed by atoms with Crippen molar-refractivity contribution >= 4 is 11.3 Å². The van der Waals surface area contributed by atoms with Gasteiger partial charge in [0.15, 0.2) is 0 Å². The van der Waals surface area contributed by atoms with Crippen molar-refractivity contribution in [3.63, 3.8) is 0 Å². The van der Waals surface area contributed by atoms with Gasteiger partial charge in [-0.15, -0.1) is 11.3 Å². The van der Waals surface area contributed by atoms with Crippen LogP contribution in [0.3, 0.4) is 0 Å². The smallest absolute Gasteiger partial charge is 0.0667 e. The van der Waals surface area contributed by atoms with Gasteiger partial charge >= 0.3 is 0 Å². The van der Waals surface area contributed by atoms with E-state index < -0.39 is 0 Å². The Morgan fingerprint density at radius 2 is 2.46 bits per heavy atom. The lowest BCUT2D eigenvalue weighted by atomic mass is 10.3. The molecular weight excluding hydrogens is 182 g/mol. The molecule has 0 aromatic carbocycles. The minimum atomic E-state index is 0.629. The minimum Gasteiger partial charge on any atom is -0.326 e. The monoisotopic (exact) mass is 193 g/mol. The van der Waals surface area contributed by atoms with Crippen LogP contribution < -0.4 is 5.73 Å². The predicted octanol–water partition coefficient (Wildman–Crippen LogP) is 1.45. The summed E-state index contributed by atoms with van der Waals surface area (Å²) in [5.41, 5.74) is 6.80. The lowest BCUT2D eigenvalue weighted by Crippen LogP contribution is -1.98. The first-order chi connectivity index (χ1) is 6.38. The van der Waals surface area contributed by atoms with Crippen LogP contribution in [0.15, 0.2) is 29.9 Å². The predicted molar refractivity (Wildman–Crippen MR) is 53.5 cm³/mol. The highest BCUT2D eigenvalue weighted by molar-refractivity contribution is 7.10. The number of hydrogen-bond donors (Lipinski definition) is 1. The van der Waals surface area contributed by atoms with E-state index >= 15 is 0 Å². The summed E-state index contributed by atoms with van der Waals surface area (Å²) in [6.07, 6.45) is 3.75. The van der Waals surface area contributed by atoms with Crippen LogP contribution in [0, 0.1) is 0 Å². The number of thiophene rings is 1. The zero-order valence-corrected chi connectivity index (χ0v) is 8.00. The second-order valence-corrected chi connectivity index (χ2v) is 3.82. The van der Waals surface area contributed by atoms with Crippen molar-refractivity contribution in [3.8, 4) is 0 Å². The van der Waals surface area contributed by atoms with Crippen molar-refractivity contribution in [1.82, 2.24) is 9.78 Å². The molecule has 0 saturated carbocycles. The normalized spacial score (nSPS) is 10.5. The van der Waals surface area contributed by atoms with Crippen LogP contribution in [0.5, 0.6) is 0 Å². The average Bonchev–Trinajstić information content (AvgIpc) is 2.76. The summed E-state index contributed by atoms with van der Waals surface area (Å²) < 4.78 is 1.91. The fraction of sp³-hybridized carbons (Fsp3) is 0.222. The first kappa shape index (κ1) is 8.47. The van der Waals surface area contributed by atoms with E-state index in [1.165, 1.54) is 10.4 Å². The molecule has 0 aliphatic rings. The quantitative estimate of drug-likeness (QED) is 0.801. The molecule has 3 nitrogen and oxygen atoms in total. The first-order valence-corrected chi connectivity index (χ1v) is 5.00. The molecule has 2 rings (SSSR count). The molecule has 0 fully saturated rings. The van der Waals surface area contributed by atoms with E-state index in [-0.39, 0.29) is 0 Å². The van der Waals surface area contributed by atoms with E-state index in [0.717, 1.165) is 6.54 Å². The Morgan fingerprint density at radius 3 is 3.08 bits per heavy atom. The molecule has 0 atom stereocenters. The van der Waals surface area contributed by atoms with Gasteiger partial charge in [-0.25, -0.2) is 0 Å². The minimum absolute atomic E-state index is 0.629. The lowest BCUT2D eigenvalue weighted by Gasteiger charge is -1.96. The molecule has 0 aliphatic heterocycles. The average molecular weight is 193 g/mol. The van der Waals surface area contributed by atoms with Crippen LogP contribution >= 0.6 is 11.3 Å². The fourth-order valence-electron chi connectivity index (χ4n) is 1.20. The number of nitrogens with zero attached hydrogens (tertiary/aromatic N) is 2. The van der Waals surface area contributed by atoms with Gasteiger partial charge in [-0.3, -0.25) is 4.68 Å². The third-order valence-corrected chi connectivity index (χ3v) is 2.82. The van der Waals surface area contributed by atoms with Crippen molar-refractivity contribution in [3.05, 3.63) is 40.3 Å². The highest BCUT2D eigenvalue weighted by Gasteiger charge is 1.98. The highest BCUT2D eigenvalue weighted by Crippen LogP contribution is 2.14. The van der Waals surface area contributed by atoms with Gasteiger partial charge < -0.3 is 5.73 Å². The molecule has 13 heavy (non-hydrogen) atoms. The molecule has 2 aromatic heterocycles. The molecular formula is C9H11N3S. The molecule has 0 spiro atoms. The Labute approximate surface area is 80.8 Å². The van der Waals surface area contributed by atoms with E-state index in [4.69, 9.17) is 5.73 Å². The second kappa shape index (κ2) is 3.72. The van der Waals surface area contributed by atoms with Gasteiger partial charge in [0.2, 0.25) is 0 Å². The van der Waals surface area contributed by atoms with Crippen molar-refractivity contribution in [2.45, 2.75) is 13.1 Å². The number of nitrogens with two attached hydrogens (primary N) is 1. The molecule has 68 valence electrons. The van der Waals surface area contributed by atoms with E-state index in [1.54, 1.807) is 17.5 Å². The maximum Gasteiger partial charge on any atom is 0.0667 e. The summed E-state index contributed by atoms with van der Waals surface area (Å²) in [7, 11) is 0. The Hall–Kier alpha value is -1.13. The van der Waals surface area contributed by atoms with Gasteiger partial charge in [0.05, 0.1) is 6.54 Å².